The van der Waals surface area contributed by atoms with Crippen molar-refractivity contribution in [2.24, 2.45) is 0 Å². The molecule has 0 aliphatic rings. The Morgan fingerprint density at radius 2 is 2.00 bits per heavy atom. The fourth-order valence-electron chi connectivity index (χ4n) is 0.921. The molecular formula is C10H8KNO2. The number of benzene rings is 1. The number of carboxylic acids is 1. The summed E-state index contributed by atoms with van der Waals surface area (Å²) < 4.78 is 0. The van der Waals surface area contributed by atoms with E-state index in [-0.39, 0.29) is 58.4 Å². The molecule has 0 heterocycles. The van der Waals surface area contributed by atoms with E-state index in [0.717, 1.165) is 6.08 Å². The second-order valence-corrected chi connectivity index (χ2v) is 2.37. The Bertz CT molecular complexity index is 384. The molecule has 1 rings (SSSR count). The van der Waals surface area contributed by atoms with Gasteiger partial charge in [-0.1, -0.05) is 30.3 Å². The summed E-state index contributed by atoms with van der Waals surface area (Å²) in [4.78, 5) is 10.3. The van der Waals surface area contributed by atoms with Gasteiger partial charge in [0.1, 0.15) is 6.07 Å². The minimum Gasteiger partial charge on any atom is -1.00 e. The van der Waals surface area contributed by atoms with Crippen LogP contribution in [-0.4, -0.2) is 11.1 Å². The molecule has 0 aliphatic carbocycles. The van der Waals surface area contributed by atoms with Crippen molar-refractivity contribution < 1.29 is 62.7 Å². The summed E-state index contributed by atoms with van der Waals surface area (Å²) in [6, 6.07) is 10.5. The van der Waals surface area contributed by atoms with Gasteiger partial charge >= 0.3 is 57.4 Å². The molecule has 66 valence electrons. The summed E-state index contributed by atoms with van der Waals surface area (Å²) in [5, 5.41) is 17.1. The quantitative estimate of drug-likeness (QED) is 0.381. The van der Waals surface area contributed by atoms with Gasteiger partial charge < -0.3 is 6.53 Å². The number of nitrogens with zero attached hydrogens (tertiary/aromatic N) is 1. The number of hydrogen-bond acceptors (Lipinski definition) is 2. The molecule has 0 atom stereocenters. The first-order valence-corrected chi connectivity index (χ1v) is 3.64. The normalized spacial score (nSPS) is 9.79. The van der Waals surface area contributed by atoms with Crippen molar-refractivity contribution in [1.82, 2.24) is 0 Å². The number of rotatable bonds is 2. The Morgan fingerprint density at radius 1 is 1.43 bits per heavy atom. The summed E-state index contributed by atoms with van der Waals surface area (Å²) in [6.45, 7) is 0. The van der Waals surface area contributed by atoms with Gasteiger partial charge in [-0.05, 0) is 5.56 Å². The van der Waals surface area contributed by atoms with E-state index in [4.69, 9.17) is 10.4 Å². The summed E-state index contributed by atoms with van der Waals surface area (Å²) in [6.07, 6.45) is 0.898. The number of nitriles is 1. The molecule has 0 saturated heterocycles. The molecule has 14 heavy (non-hydrogen) atoms. The molecule has 0 bridgehead atoms. The third-order valence-corrected chi connectivity index (χ3v) is 1.47. The van der Waals surface area contributed by atoms with Crippen LogP contribution in [0.3, 0.4) is 0 Å². The number of carbonyl (C=O) groups is 1. The van der Waals surface area contributed by atoms with Crippen molar-refractivity contribution in [3.8, 4) is 6.07 Å². The van der Waals surface area contributed by atoms with Crippen LogP contribution >= 0.6 is 0 Å². The summed E-state index contributed by atoms with van der Waals surface area (Å²) >= 11 is 0. The Labute approximate surface area is 126 Å². The molecule has 1 aromatic rings. The summed E-state index contributed by atoms with van der Waals surface area (Å²) in [5.74, 6) is -1.11. The van der Waals surface area contributed by atoms with E-state index >= 15 is 0 Å². The van der Waals surface area contributed by atoms with Crippen LogP contribution in [0.5, 0.6) is 0 Å². The number of allylic oxidation sites excluding steroid dienone is 1. The molecule has 0 aliphatic heterocycles. The third kappa shape index (κ3) is 4.18. The minimum absolute atomic E-state index is 0. The predicted molar refractivity (Wildman–Crippen MR) is 48.8 cm³/mol. The largest absolute Gasteiger partial charge is 1.00 e. The average molecular weight is 213 g/mol. The summed E-state index contributed by atoms with van der Waals surface area (Å²) in [5.41, 5.74) is 0.778. The zero-order valence-electron chi connectivity index (χ0n) is 8.77. The van der Waals surface area contributed by atoms with Gasteiger partial charge in [0.15, 0.2) is 0 Å². The number of carboxylic acid groups (broad SMARTS) is 1. The zero-order valence-corrected chi connectivity index (χ0v) is 10.9. The Kier molecular flexibility index (Phi) is 6.71. The van der Waals surface area contributed by atoms with E-state index in [2.05, 4.69) is 0 Å². The first kappa shape index (κ1) is 13.6. The van der Waals surface area contributed by atoms with Crippen LogP contribution in [0.2, 0.25) is 0 Å². The maximum Gasteiger partial charge on any atom is 1.00 e. The number of hydrogen-bond donors (Lipinski definition) is 1. The Hall–Kier alpha value is -0.444. The van der Waals surface area contributed by atoms with E-state index in [1.165, 1.54) is 0 Å². The minimum atomic E-state index is -1.11. The van der Waals surface area contributed by atoms with Gasteiger partial charge in [-0.25, -0.2) is 4.79 Å². The van der Waals surface area contributed by atoms with Crippen molar-refractivity contribution in [3.05, 3.63) is 42.0 Å². The van der Waals surface area contributed by atoms with E-state index in [1.807, 2.05) is 6.07 Å². The predicted octanol–water partition coefficient (Wildman–Crippen LogP) is -1.21. The Balaban J connectivity index is 0. The fraction of sp³-hybridized carbons (Fsp3) is 0. The van der Waals surface area contributed by atoms with Crippen molar-refractivity contribution in [3.63, 3.8) is 0 Å². The fourth-order valence-corrected chi connectivity index (χ4v) is 0.921. The van der Waals surface area contributed by atoms with Gasteiger partial charge in [0.05, 0.1) is 5.57 Å². The summed E-state index contributed by atoms with van der Waals surface area (Å²) in [7, 11) is 0. The van der Waals surface area contributed by atoms with Crippen LogP contribution in [0.1, 0.15) is 6.99 Å². The first-order chi connectivity index (χ1) is 6.24. The maximum absolute atomic E-state index is 10.3. The topological polar surface area (TPSA) is 61.1 Å². The molecule has 0 amide bonds. The number of aliphatic carboxylic acids is 1. The standard InChI is InChI=1S/C10H7NO2.K.H/c11-7-9(6-10(12)13)8-4-2-1-3-5-8;;/h1-6H,(H,12,13);;/q;+1;-1. The van der Waals surface area contributed by atoms with Crippen LogP contribution in [-0.2, 0) is 4.79 Å². The molecule has 0 saturated carbocycles. The van der Waals surface area contributed by atoms with Gasteiger partial charge in [0, 0.05) is 6.08 Å². The average Bonchev–Trinajstić information content (AvgIpc) is 2.15. The van der Waals surface area contributed by atoms with E-state index in [0.29, 0.717) is 5.56 Å². The van der Waals surface area contributed by atoms with Crippen LogP contribution < -0.4 is 51.4 Å². The molecule has 0 aromatic heterocycles. The Morgan fingerprint density at radius 3 is 2.43 bits per heavy atom. The molecule has 3 nitrogen and oxygen atoms in total. The van der Waals surface area contributed by atoms with Gasteiger partial charge in [-0.2, -0.15) is 5.26 Å². The van der Waals surface area contributed by atoms with Gasteiger partial charge in [-0.3, -0.25) is 0 Å². The van der Waals surface area contributed by atoms with Crippen molar-refractivity contribution in [2.75, 3.05) is 0 Å². The first-order valence-electron chi connectivity index (χ1n) is 3.64. The maximum atomic E-state index is 10.3. The van der Waals surface area contributed by atoms with Gasteiger partial charge in [0.25, 0.3) is 0 Å². The second-order valence-electron chi connectivity index (χ2n) is 2.37. The van der Waals surface area contributed by atoms with Crippen LogP contribution in [0.15, 0.2) is 36.4 Å². The SMILES string of the molecule is N#CC(=CC(=O)O)c1ccccc1.[H-].[K+]. The molecule has 0 spiro atoms. The van der Waals surface area contributed by atoms with E-state index < -0.39 is 5.97 Å². The smallest absolute Gasteiger partial charge is 1.00 e. The van der Waals surface area contributed by atoms with Crippen molar-refractivity contribution in [2.45, 2.75) is 0 Å². The molecular weight excluding hydrogens is 205 g/mol. The van der Waals surface area contributed by atoms with Crippen LogP contribution in [0.25, 0.3) is 5.57 Å². The van der Waals surface area contributed by atoms with Crippen LogP contribution in [0.4, 0.5) is 0 Å². The van der Waals surface area contributed by atoms with E-state index in [1.54, 1.807) is 30.3 Å². The molecule has 4 heteroatoms. The monoisotopic (exact) mass is 213 g/mol. The third-order valence-electron chi connectivity index (χ3n) is 1.47. The zero-order chi connectivity index (χ0) is 9.68. The van der Waals surface area contributed by atoms with Crippen molar-refractivity contribution in [1.29, 1.82) is 5.26 Å². The van der Waals surface area contributed by atoms with Gasteiger partial charge in [-0.15, -0.1) is 0 Å². The van der Waals surface area contributed by atoms with Crippen LogP contribution in [0, 0.1) is 11.3 Å². The molecule has 0 unspecified atom stereocenters. The molecule has 0 fully saturated rings. The second kappa shape index (κ2) is 6.93. The van der Waals surface area contributed by atoms with Gasteiger partial charge in [0.2, 0.25) is 0 Å². The molecule has 0 radical (unpaired) electrons. The molecule has 1 N–H and O–H groups in total. The van der Waals surface area contributed by atoms with Crippen molar-refractivity contribution >= 4 is 11.5 Å². The molecule has 1 aromatic carbocycles. The van der Waals surface area contributed by atoms with E-state index in [9.17, 15) is 4.79 Å².